The molecule has 5 rings (SSSR count). The van der Waals surface area contributed by atoms with Gasteiger partial charge in [0.2, 0.25) is 10.0 Å². The SMILES string of the molecule is CC(C)(O)Cn1cc(-c2cnc3c(-c4cc(OC(F)F)cc(C5(S(N)(=O)=O)CC5)c4)cnn3c2)cn1. The predicted molar refractivity (Wildman–Crippen MR) is 127 cm³/mol. The van der Waals surface area contributed by atoms with Crippen molar-refractivity contribution in [1.29, 1.82) is 0 Å². The summed E-state index contributed by atoms with van der Waals surface area (Å²) < 4.78 is 57.0. The minimum atomic E-state index is -3.97. The van der Waals surface area contributed by atoms with E-state index in [1.165, 1.54) is 22.8 Å². The van der Waals surface area contributed by atoms with Crippen LogP contribution < -0.4 is 9.88 Å². The van der Waals surface area contributed by atoms with Gasteiger partial charge in [0.15, 0.2) is 5.65 Å². The zero-order chi connectivity index (χ0) is 25.9. The zero-order valence-electron chi connectivity index (χ0n) is 19.5. The van der Waals surface area contributed by atoms with Gasteiger partial charge in [-0.05, 0) is 56.0 Å². The number of nitrogens with two attached hydrogens (primary N) is 1. The van der Waals surface area contributed by atoms with Crippen LogP contribution in [0.3, 0.4) is 0 Å². The first-order valence-electron chi connectivity index (χ1n) is 11.1. The molecule has 3 N–H and O–H groups in total. The Balaban J connectivity index is 1.54. The molecule has 10 nitrogen and oxygen atoms in total. The first-order chi connectivity index (χ1) is 16.8. The first kappa shape index (κ1) is 24.3. The molecule has 0 unspecified atom stereocenters. The number of hydrogen-bond acceptors (Lipinski definition) is 7. The van der Waals surface area contributed by atoms with Crippen LogP contribution in [0.1, 0.15) is 32.3 Å². The first-order valence-corrected chi connectivity index (χ1v) is 12.6. The van der Waals surface area contributed by atoms with Crippen molar-refractivity contribution in [1.82, 2.24) is 24.4 Å². The van der Waals surface area contributed by atoms with Crippen LogP contribution in [0.15, 0.2) is 49.2 Å². The van der Waals surface area contributed by atoms with E-state index in [2.05, 4.69) is 19.9 Å². The Morgan fingerprint density at radius 3 is 2.47 bits per heavy atom. The Morgan fingerprint density at radius 2 is 1.83 bits per heavy atom. The van der Waals surface area contributed by atoms with Crippen LogP contribution in [-0.2, 0) is 21.3 Å². The molecule has 4 aromatic rings. The molecule has 3 heterocycles. The summed E-state index contributed by atoms with van der Waals surface area (Å²) in [4.78, 5) is 4.51. The average Bonchev–Trinajstić information content (AvgIpc) is 3.31. The van der Waals surface area contributed by atoms with Gasteiger partial charge >= 0.3 is 6.61 Å². The lowest BCUT2D eigenvalue weighted by molar-refractivity contribution is -0.0498. The number of nitrogens with zero attached hydrogens (tertiary/aromatic N) is 5. The van der Waals surface area contributed by atoms with Gasteiger partial charge in [0, 0.05) is 35.3 Å². The lowest BCUT2D eigenvalue weighted by atomic mass is 10.0. The standard InChI is InChI=1S/C23H24F2N6O4S/c1-22(2,32)13-30-11-16(9-28-30)15-8-27-20-19(10-29-31(20)12-15)14-5-17(7-18(6-14)35-21(24)25)23(3-4-23)36(26,33)34/h5-12,21,32H,3-4,13H2,1-2H3,(H2,26,33,34). The number of benzene rings is 1. The molecule has 0 aliphatic heterocycles. The van der Waals surface area contributed by atoms with Crippen molar-refractivity contribution in [2.75, 3.05) is 0 Å². The molecule has 1 aliphatic carbocycles. The highest BCUT2D eigenvalue weighted by Crippen LogP contribution is 2.53. The Bertz CT molecular complexity index is 1550. The van der Waals surface area contributed by atoms with Gasteiger partial charge in [0.1, 0.15) is 10.5 Å². The Labute approximate surface area is 205 Å². The van der Waals surface area contributed by atoms with Gasteiger partial charge in [0.25, 0.3) is 0 Å². The highest BCUT2D eigenvalue weighted by Gasteiger charge is 2.54. The third-order valence-electron chi connectivity index (χ3n) is 6.09. The minimum Gasteiger partial charge on any atom is -0.435 e. The van der Waals surface area contributed by atoms with Gasteiger partial charge in [0.05, 0.1) is 24.5 Å². The second kappa shape index (κ2) is 8.32. The molecule has 0 radical (unpaired) electrons. The Hall–Kier alpha value is -3.42. The maximum atomic E-state index is 13.0. The van der Waals surface area contributed by atoms with Crippen molar-refractivity contribution in [3.8, 4) is 28.0 Å². The molecule has 1 fully saturated rings. The number of sulfonamides is 1. The number of primary sulfonamides is 1. The molecule has 1 aromatic carbocycles. The Kier molecular flexibility index (Phi) is 5.61. The minimum absolute atomic E-state index is 0.178. The second-order valence-electron chi connectivity index (χ2n) is 9.57. The second-order valence-corrected chi connectivity index (χ2v) is 11.4. The summed E-state index contributed by atoms with van der Waals surface area (Å²) in [7, 11) is -3.97. The van der Waals surface area contributed by atoms with E-state index in [0.29, 0.717) is 36.2 Å². The quantitative estimate of drug-likeness (QED) is 0.366. The van der Waals surface area contributed by atoms with Crippen molar-refractivity contribution in [3.63, 3.8) is 0 Å². The lowest BCUT2D eigenvalue weighted by Crippen LogP contribution is -2.28. The molecule has 36 heavy (non-hydrogen) atoms. The fourth-order valence-corrected chi connectivity index (χ4v) is 5.38. The summed E-state index contributed by atoms with van der Waals surface area (Å²) >= 11 is 0. The van der Waals surface area contributed by atoms with Gasteiger partial charge in [-0.15, -0.1) is 0 Å². The smallest absolute Gasteiger partial charge is 0.387 e. The van der Waals surface area contributed by atoms with Crippen LogP contribution in [0.2, 0.25) is 0 Å². The topological polar surface area (TPSA) is 138 Å². The van der Waals surface area contributed by atoms with E-state index in [1.807, 2.05) is 0 Å². The van der Waals surface area contributed by atoms with Gasteiger partial charge in [-0.25, -0.2) is 23.1 Å². The van der Waals surface area contributed by atoms with Crippen molar-refractivity contribution >= 4 is 15.7 Å². The maximum Gasteiger partial charge on any atom is 0.387 e. The molecule has 190 valence electrons. The van der Waals surface area contributed by atoms with E-state index in [9.17, 15) is 22.3 Å². The summed E-state index contributed by atoms with van der Waals surface area (Å²) in [5.41, 5.74) is 2.21. The third-order valence-corrected chi connectivity index (χ3v) is 7.82. The summed E-state index contributed by atoms with van der Waals surface area (Å²) in [6.07, 6.45) is 8.90. The molecule has 0 saturated heterocycles. The average molecular weight is 519 g/mol. The largest absolute Gasteiger partial charge is 0.435 e. The molecular weight excluding hydrogens is 494 g/mol. The third kappa shape index (κ3) is 4.56. The number of halogens is 2. The Morgan fingerprint density at radius 1 is 1.11 bits per heavy atom. The molecule has 3 aromatic heterocycles. The van der Waals surface area contributed by atoms with E-state index in [4.69, 9.17) is 5.14 Å². The van der Waals surface area contributed by atoms with Crippen LogP contribution in [0, 0.1) is 0 Å². The van der Waals surface area contributed by atoms with E-state index < -0.39 is 27.0 Å². The lowest BCUT2D eigenvalue weighted by Gasteiger charge is -2.16. The van der Waals surface area contributed by atoms with Crippen molar-refractivity contribution in [2.24, 2.45) is 5.14 Å². The number of rotatable bonds is 8. The van der Waals surface area contributed by atoms with Crippen molar-refractivity contribution < 1.29 is 27.0 Å². The normalized spacial score (nSPS) is 15.5. The summed E-state index contributed by atoms with van der Waals surface area (Å²) in [5, 5.41) is 24.1. The molecule has 0 amide bonds. The maximum absolute atomic E-state index is 13.0. The molecule has 0 bridgehead atoms. The zero-order valence-corrected chi connectivity index (χ0v) is 20.3. The van der Waals surface area contributed by atoms with Crippen molar-refractivity contribution in [3.05, 3.63) is 54.7 Å². The number of fused-ring (bicyclic) bond motifs is 1. The number of aromatic nitrogens is 5. The van der Waals surface area contributed by atoms with Gasteiger partial charge < -0.3 is 9.84 Å². The molecule has 13 heteroatoms. The molecule has 1 saturated carbocycles. The number of alkyl halides is 2. The van der Waals surface area contributed by atoms with Crippen LogP contribution in [0.4, 0.5) is 8.78 Å². The highest BCUT2D eigenvalue weighted by atomic mass is 32.2. The fraction of sp³-hybridized carbons (Fsp3) is 0.348. The van der Waals surface area contributed by atoms with Crippen LogP contribution in [0.5, 0.6) is 5.75 Å². The molecule has 1 aliphatic rings. The molecular formula is C23H24F2N6O4S. The molecule has 0 atom stereocenters. The van der Waals surface area contributed by atoms with Crippen LogP contribution in [-0.4, -0.2) is 50.1 Å². The number of hydrogen-bond donors (Lipinski definition) is 2. The predicted octanol–water partition coefficient (Wildman–Crippen LogP) is 2.91. The van der Waals surface area contributed by atoms with Crippen LogP contribution in [0.25, 0.3) is 27.9 Å². The van der Waals surface area contributed by atoms with Crippen LogP contribution >= 0.6 is 0 Å². The number of aliphatic hydroxyl groups is 1. The van der Waals surface area contributed by atoms with Gasteiger partial charge in [-0.2, -0.15) is 19.0 Å². The number of ether oxygens (including phenoxy) is 1. The summed E-state index contributed by atoms with van der Waals surface area (Å²) in [6.45, 7) is 0.607. The van der Waals surface area contributed by atoms with Gasteiger partial charge in [-0.1, -0.05) is 0 Å². The summed E-state index contributed by atoms with van der Waals surface area (Å²) in [6, 6.07) is 4.28. The van der Waals surface area contributed by atoms with Crippen molar-refractivity contribution in [2.45, 2.75) is 50.2 Å². The van der Waals surface area contributed by atoms with E-state index in [-0.39, 0.29) is 11.3 Å². The monoisotopic (exact) mass is 518 g/mol. The highest BCUT2D eigenvalue weighted by molar-refractivity contribution is 7.90. The molecule has 0 spiro atoms. The van der Waals surface area contributed by atoms with E-state index in [0.717, 1.165) is 11.1 Å². The van der Waals surface area contributed by atoms with E-state index in [1.54, 1.807) is 49.4 Å². The van der Waals surface area contributed by atoms with Gasteiger partial charge in [-0.3, -0.25) is 4.68 Å². The summed E-state index contributed by atoms with van der Waals surface area (Å²) in [5.74, 6) is -0.178. The fourth-order valence-electron chi connectivity index (χ4n) is 4.26. The van der Waals surface area contributed by atoms with E-state index >= 15 is 0 Å².